The summed E-state index contributed by atoms with van der Waals surface area (Å²) in [5, 5.41) is 10.7. The number of non-ortho nitro benzene ring substituents is 1. The third-order valence-corrected chi connectivity index (χ3v) is 5.41. The number of nitrogens with two attached hydrogens (primary N) is 1. The Kier molecular flexibility index (Phi) is 4.45. The number of ether oxygens (including phenoxy) is 1. The zero-order valence-corrected chi connectivity index (χ0v) is 12.4. The van der Waals surface area contributed by atoms with E-state index in [1.54, 1.807) is 0 Å². The average molecular weight is 315 g/mol. The molecule has 0 aromatic heterocycles. The maximum Gasteiger partial charge on any atom is 0.273 e. The molecule has 1 aliphatic heterocycles. The van der Waals surface area contributed by atoms with Gasteiger partial charge in [0.05, 0.1) is 18.1 Å². The van der Waals surface area contributed by atoms with Crippen LogP contribution in [0.3, 0.4) is 0 Å². The van der Waals surface area contributed by atoms with E-state index in [1.165, 1.54) is 17.5 Å². The van der Waals surface area contributed by atoms with E-state index in [0.717, 1.165) is 12.1 Å². The molecule has 0 atom stereocenters. The van der Waals surface area contributed by atoms with Crippen LogP contribution in [0.15, 0.2) is 23.1 Å². The van der Waals surface area contributed by atoms with Crippen LogP contribution in [-0.2, 0) is 10.0 Å². The Morgan fingerprint density at radius 3 is 2.52 bits per heavy atom. The minimum atomic E-state index is -3.74. The van der Waals surface area contributed by atoms with E-state index in [9.17, 15) is 18.5 Å². The summed E-state index contributed by atoms with van der Waals surface area (Å²) in [4.78, 5) is 10.1. The first kappa shape index (κ1) is 15.7. The summed E-state index contributed by atoms with van der Waals surface area (Å²) in [5.74, 6) is -0.0286. The molecular weight excluding hydrogens is 298 g/mol. The second-order valence-electron chi connectivity index (χ2n) is 4.83. The fourth-order valence-corrected chi connectivity index (χ4v) is 3.84. The highest BCUT2D eigenvalue weighted by Crippen LogP contribution is 2.31. The van der Waals surface area contributed by atoms with E-state index in [0.29, 0.717) is 25.9 Å². The summed E-state index contributed by atoms with van der Waals surface area (Å²) in [6, 6.07) is 3.49. The van der Waals surface area contributed by atoms with Crippen LogP contribution in [0.1, 0.15) is 12.8 Å². The molecule has 0 amide bonds. The molecule has 21 heavy (non-hydrogen) atoms. The van der Waals surface area contributed by atoms with Gasteiger partial charge in [0.1, 0.15) is 10.6 Å². The lowest BCUT2D eigenvalue weighted by Crippen LogP contribution is -2.42. The van der Waals surface area contributed by atoms with Crippen molar-refractivity contribution in [3.8, 4) is 5.75 Å². The first-order valence-electron chi connectivity index (χ1n) is 6.44. The van der Waals surface area contributed by atoms with Gasteiger partial charge in [0.15, 0.2) is 0 Å². The quantitative estimate of drug-likeness (QED) is 0.646. The number of nitro groups is 1. The molecule has 1 aromatic carbocycles. The lowest BCUT2D eigenvalue weighted by atomic mass is 10.1. The Bertz CT molecular complexity index is 638. The number of piperidine rings is 1. The van der Waals surface area contributed by atoms with Crippen molar-refractivity contribution in [2.45, 2.75) is 23.8 Å². The minimum Gasteiger partial charge on any atom is -0.495 e. The van der Waals surface area contributed by atoms with Gasteiger partial charge in [-0.25, -0.2) is 8.42 Å². The normalized spacial score (nSPS) is 17.6. The van der Waals surface area contributed by atoms with Crippen LogP contribution in [0, 0.1) is 10.1 Å². The first-order valence-corrected chi connectivity index (χ1v) is 7.88. The Morgan fingerprint density at radius 2 is 2.00 bits per heavy atom. The lowest BCUT2D eigenvalue weighted by Gasteiger charge is -2.29. The minimum absolute atomic E-state index is 0.00945. The van der Waals surface area contributed by atoms with Crippen LogP contribution in [-0.4, -0.2) is 43.9 Å². The SMILES string of the molecule is COc1cc([N+](=O)[O-])ccc1S(=O)(=O)N1CCC(N)CC1. The van der Waals surface area contributed by atoms with Gasteiger partial charge in [0, 0.05) is 25.2 Å². The highest BCUT2D eigenvalue weighted by Gasteiger charge is 2.31. The van der Waals surface area contributed by atoms with Crippen LogP contribution in [0.25, 0.3) is 0 Å². The molecule has 1 heterocycles. The number of methoxy groups -OCH3 is 1. The monoisotopic (exact) mass is 315 g/mol. The number of hydrogen-bond acceptors (Lipinski definition) is 6. The predicted octanol–water partition coefficient (Wildman–Crippen LogP) is 0.715. The number of benzene rings is 1. The van der Waals surface area contributed by atoms with Gasteiger partial charge in [-0.2, -0.15) is 4.31 Å². The maximum atomic E-state index is 12.6. The van der Waals surface area contributed by atoms with Gasteiger partial charge in [0.2, 0.25) is 10.0 Å². The molecule has 0 saturated carbocycles. The highest BCUT2D eigenvalue weighted by molar-refractivity contribution is 7.89. The Morgan fingerprint density at radius 1 is 1.38 bits per heavy atom. The number of nitro benzene ring substituents is 1. The second-order valence-corrected chi connectivity index (χ2v) is 6.74. The molecule has 1 saturated heterocycles. The molecule has 0 radical (unpaired) electrons. The van der Waals surface area contributed by atoms with Crippen molar-refractivity contribution in [2.75, 3.05) is 20.2 Å². The van der Waals surface area contributed by atoms with E-state index in [1.807, 2.05) is 0 Å². The fraction of sp³-hybridized carbons (Fsp3) is 0.500. The average Bonchev–Trinajstić information content (AvgIpc) is 2.46. The molecule has 0 unspecified atom stereocenters. The van der Waals surface area contributed by atoms with Gasteiger partial charge in [-0.05, 0) is 18.9 Å². The van der Waals surface area contributed by atoms with E-state index in [2.05, 4.69) is 0 Å². The molecule has 8 nitrogen and oxygen atoms in total. The van der Waals surface area contributed by atoms with E-state index in [4.69, 9.17) is 10.5 Å². The van der Waals surface area contributed by atoms with Crippen LogP contribution in [0.2, 0.25) is 0 Å². The number of rotatable bonds is 4. The molecule has 2 rings (SSSR count). The van der Waals surface area contributed by atoms with Gasteiger partial charge in [-0.15, -0.1) is 0 Å². The van der Waals surface area contributed by atoms with Gasteiger partial charge in [-0.3, -0.25) is 10.1 Å². The topological polar surface area (TPSA) is 116 Å². The van der Waals surface area contributed by atoms with Crippen LogP contribution in [0.4, 0.5) is 5.69 Å². The molecule has 1 fully saturated rings. The third-order valence-electron chi connectivity index (χ3n) is 3.47. The van der Waals surface area contributed by atoms with Crippen molar-refractivity contribution < 1.29 is 18.1 Å². The van der Waals surface area contributed by atoms with Gasteiger partial charge < -0.3 is 10.5 Å². The summed E-state index contributed by atoms with van der Waals surface area (Å²) in [7, 11) is -2.46. The lowest BCUT2D eigenvalue weighted by molar-refractivity contribution is -0.385. The van der Waals surface area contributed by atoms with E-state index >= 15 is 0 Å². The summed E-state index contributed by atoms with van der Waals surface area (Å²) in [6.07, 6.45) is 1.18. The van der Waals surface area contributed by atoms with Crippen molar-refractivity contribution in [3.63, 3.8) is 0 Å². The zero-order chi connectivity index (χ0) is 15.6. The molecule has 1 aliphatic rings. The number of sulfonamides is 1. The standard InChI is InChI=1S/C12H17N3O5S/c1-20-11-8-10(15(16)17)2-3-12(11)21(18,19)14-6-4-9(13)5-7-14/h2-3,8-9H,4-7,13H2,1H3. The van der Waals surface area contributed by atoms with Crippen molar-refractivity contribution in [1.82, 2.24) is 4.31 Å². The highest BCUT2D eigenvalue weighted by atomic mass is 32.2. The van der Waals surface area contributed by atoms with Crippen LogP contribution < -0.4 is 10.5 Å². The molecule has 1 aromatic rings. The molecular formula is C12H17N3O5S. The van der Waals surface area contributed by atoms with E-state index in [-0.39, 0.29) is 22.4 Å². The van der Waals surface area contributed by atoms with Gasteiger partial charge >= 0.3 is 0 Å². The van der Waals surface area contributed by atoms with E-state index < -0.39 is 14.9 Å². The predicted molar refractivity (Wildman–Crippen MR) is 75.6 cm³/mol. The van der Waals surface area contributed by atoms with Crippen molar-refractivity contribution in [3.05, 3.63) is 28.3 Å². The first-order chi connectivity index (χ1) is 9.86. The zero-order valence-electron chi connectivity index (χ0n) is 11.6. The molecule has 0 bridgehead atoms. The maximum absolute atomic E-state index is 12.6. The van der Waals surface area contributed by atoms with Crippen LogP contribution >= 0.6 is 0 Å². The summed E-state index contributed by atoms with van der Waals surface area (Å²) >= 11 is 0. The molecule has 2 N–H and O–H groups in total. The van der Waals surface area contributed by atoms with Crippen molar-refractivity contribution >= 4 is 15.7 Å². The molecule has 0 aliphatic carbocycles. The summed E-state index contributed by atoms with van der Waals surface area (Å²) in [6.45, 7) is 0.674. The van der Waals surface area contributed by atoms with Gasteiger partial charge in [-0.1, -0.05) is 0 Å². The Hall–Kier alpha value is -1.71. The molecule has 9 heteroatoms. The number of hydrogen-bond donors (Lipinski definition) is 1. The smallest absolute Gasteiger partial charge is 0.273 e. The Labute approximate surface area is 122 Å². The fourth-order valence-electron chi connectivity index (χ4n) is 2.24. The summed E-state index contributed by atoms with van der Waals surface area (Å²) in [5.41, 5.74) is 5.55. The largest absolute Gasteiger partial charge is 0.495 e. The number of nitrogens with zero attached hydrogens (tertiary/aromatic N) is 2. The van der Waals surface area contributed by atoms with Crippen molar-refractivity contribution in [2.24, 2.45) is 5.73 Å². The molecule has 116 valence electrons. The van der Waals surface area contributed by atoms with Crippen molar-refractivity contribution in [1.29, 1.82) is 0 Å². The second kappa shape index (κ2) is 5.96. The summed E-state index contributed by atoms with van der Waals surface area (Å²) < 4.78 is 31.5. The molecule has 0 spiro atoms. The third kappa shape index (κ3) is 3.14. The van der Waals surface area contributed by atoms with Crippen LogP contribution in [0.5, 0.6) is 5.75 Å². The van der Waals surface area contributed by atoms with Gasteiger partial charge in [0.25, 0.3) is 5.69 Å². The Balaban J connectivity index is 2.38.